The predicted molar refractivity (Wildman–Crippen MR) is 124 cm³/mol. The number of thiazole rings is 1. The SMILES string of the molecule is O=c1[nH]c(O)c(-c2ccc(Cn3ccnc3-c3ccc(-c4ccccc4)cc3)cc2)s1. The average molecular weight is 426 g/mol. The van der Waals surface area contributed by atoms with Crippen LogP contribution in [0.1, 0.15) is 5.56 Å². The molecule has 2 aromatic heterocycles. The van der Waals surface area contributed by atoms with Crippen LogP contribution in [0.4, 0.5) is 0 Å². The third-order valence-electron chi connectivity index (χ3n) is 5.17. The van der Waals surface area contributed by atoms with E-state index in [-0.39, 0.29) is 10.8 Å². The first-order chi connectivity index (χ1) is 15.2. The molecule has 0 atom stereocenters. The van der Waals surface area contributed by atoms with Crippen molar-refractivity contribution in [2.75, 3.05) is 0 Å². The van der Waals surface area contributed by atoms with E-state index in [2.05, 4.69) is 50.9 Å². The highest BCUT2D eigenvalue weighted by Gasteiger charge is 2.10. The zero-order valence-electron chi connectivity index (χ0n) is 16.5. The number of nitrogens with zero attached hydrogens (tertiary/aromatic N) is 2. The van der Waals surface area contributed by atoms with Gasteiger partial charge in [-0.15, -0.1) is 0 Å². The molecule has 0 fully saturated rings. The molecule has 0 aliphatic carbocycles. The van der Waals surface area contributed by atoms with E-state index in [4.69, 9.17) is 0 Å². The van der Waals surface area contributed by atoms with Gasteiger partial charge in [0.25, 0.3) is 0 Å². The number of hydrogen-bond donors (Lipinski definition) is 2. The highest BCUT2D eigenvalue weighted by atomic mass is 32.1. The van der Waals surface area contributed by atoms with E-state index < -0.39 is 0 Å². The van der Waals surface area contributed by atoms with Crippen molar-refractivity contribution >= 4 is 11.3 Å². The number of rotatable bonds is 5. The lowest BCUT2D eigenvalue weighted by Crippen LogP contribution is -2.01. The van der Waals surface area contributed by atoms with E-state index >= 15 is 0 Å². The average Bonchev–Trinajstić information content (AvgIpc) is 3.40. The molecule has 0 unspecified atom stereocenters. The van der Waals surface area contributed by atoms with Crippen molar-refractivity contribution in [3.8, 4) is 38.8 Å². The molecule has 152 valence electrons. The number of imidazole rings is 1. The van der Waals surface area contributed by atoms with E-state index in [1.54, 1.807) is 0 Å². The molecule has 6 heteroatoms. The fourth-order valence-electron chi connectivity index (χ4n) is 3.61. The van der Waals surface area contributed by atoms with Gasteiger partial charge >= 0.3 is 4.87 Å². The molecule has 3 aromatic carbocycles. The minimum absolute atomic E-state index is 0.0846. The molecule has 0 saturated carbocycles. The van der Waals surface area contributed by atoms with E-state index in [1.807, 2.05) is 54.9 Å². The van der Waals surface area contributed by atoms with Gasteiger partial charge in [-0.25, -0.2) is 4.98 Å². The molecule has 0 radical (unpaired) electrons. The van der Waals surface area contributed by atoms with Crippen LogP contribution in [0.15, 0.2) is 96.1 Å². The van der Waals surface area contributed by atoms with E-state index in [1.165, 1.54) is 11.1 Å². The van der Waals surface area contributed by atoms with Crippen LogP contribution in [0.5, 0.6) is 5.88 Å². The predicted octanol–water partition coefficient (Wildman–Crippen LogP) is 5.39. The van der Waals surface area contributed by atoms with Crippen molar-refractivity contribution in [1.29, 1.82) is 0 Å². The van der Waals surface area contributed by atoms with E-state index in [0.717, 1.165) is 33.9 Å². The van der Waals surface area contributed by atoms with Crippen molar-refractivity contribution in [1.82, 2.24) is 14.5 Å². The van der Waals surface area contributed by atoms with Gasteiger partial charge < -0.3 is 9.67 Å². The number of nitrogens with one attached hydrogen (secondary N) is 1. The number of aromatic hydroxyl groups is 1. The summed E-state index contributed by atoms with van der Waals surface area (Å²) < 4.78 is 2.11. The van der Waals surface area contributed by atoms with Crippen LogP contribution >= 0.6 is 11.3 Å². The van der Waals surface area contributed by atoms with Crippen LogP contribution in [-0.2, 0) is 6.54 Å². The lowest BCUT2D eigenvalue weighted by molar-refractivity contribution is 0.458. The molecular formula is C25H19N3O2S. The minimum atomic E-state index is -0.266. The molecular weight excluding hydrogens is 406 g/mol. The minimum Gasteiger partial charge on any atom is -0.493 e. The maximum absolute atomic E-state index is 11.4. The Labute approximate surface area is 182 Å². The van der Waals surface area contributed by atoms with Gasteiger partial charge in [0.2, 0.25) is 5.88 Å². The largest absolute Gasteiger partial charge is 0.493 e. The summed E-state index contributed by atoms with van der Waals surface area (Å²) in [5.74, 6) is 0.823. The monoisotopic (exact) mass is 425 g/mol. The molecule has 0 bridgehead atoms. The summed E-state index contributed by atoms with van der Waals surface area (Å²) in [7, 11) is 0. The van der Waals surface area contributed by atoms with Crippen LogP contribution in [0.25, 0.3) is 33.0 Å². The second kappa shape index (κ2) is 8.08. The van der Waals surface area contributed by atoms with Gasteiger partial charge in [-0.1, -0.05) is 90.2 Å². The third-order valence-corrected chi connectivity index (χ3v) is 6.09. The van der Waals surface area contributed by atoms with E-state index in [9.17, 15) is 9.90 Å². The summed E-state index contributed by atoms with van der Waals surface area (Å²) in [6.45, 7) is 0.672. The van der Waals surface area contributed by atoms with Crippen molar-refractivity contribution in [3.05, 3.63) is 106 Å². The molecule has 2 N–H and O–H groups in total. The first kappa shape index (κ1) is 19.1. The Bertz CT molecular complexity index is 1370. The van der Waals surface area contributed by atoms with E-state index in [0.29, 0.717) is 11.4 Å². The molecule has 0 spiro atoms. The number of aromatic nitrogens is 3. The zero-order chi connectivity index (χ0) is 21.2. The summed E-state index contributed by atoms with van der Waals surface area (Å²) in [6.07, 6.45) is 3.78. The maximum Gasteiger partial charge on any atom is 0.307 e. The summed E-state index contributed by atoms with van der Waals surface area (Å²) in [5, 5.41) is 9.86. The van der Waals surface area contributed by atoms with Gasteiger partial charge in [-0.2, -0.15) is 0 Å². The Kier molecular flexibility index (Phi) is 4.98. The molecule has 5 aromatic rings. The van der Waals surface area contributed by atoms with Gasteiger partial charge in [0.05, 0.1) is 4.88 Å². The van der Waals surface area contributed by atoms with Gasteiger partial charge in [0.1, 0.15) is 5.82 Å². The molecule has 31 heavy (non-hydrogen) atoms. The van der Waals surface area contributed by atoms with Gasteiger partial charge in [0.15, 0.2) is 0 Å². The first-order valence-electron chi connectivity index (χ1n) is 9.86. The summed E-state index contributed by atoms with van der Waals surface area (Å²) in [4.78, 5) is 18.7. The fraction of sp³-hybridized carbons (Fsp3) is 0.0400. The quantitative estimate of drug-likeness (QED) is 0.397. The third kappa shape index (κ3) is 3.93. The van der Waals surface area contributed by atoms with Gasteiger partial charge in [-0.3, -0.25) is 9.78 Å². The summed E-state index contributed by atoms with van der Waals surface area (Å²) in [6, 6.07) is 26.6. The van der Waals surface area contributed by atoms with Crippen LogP contribution in [0, 0.1) is 0 Å². The highest BCUT2D eigenvalue weighted by Crippen LogP contribution is 2.30. The van der Waals surface area contributed by atoms with Crippen LogP contribution in [0.2, 0.25) is 0 Å². The molecule has 2 heterocycles. The Morgan fingerprint density at radius 2 is 1.48 bits per heavy atom. The molecule has 0 aliphatic rings. The Balaban J connectivity index is 1.37. The van der Waals surface area contributed by atoms with Crippen LogP contribution in [-0.4, -0.2) is 19.6 Å². The van der Waals surface area contributed by atoms with Crippen LogP contribution < -0.4 is 4.87 Å². The lowest BCUT2D eigenvalue weighted by Gasteiger charge is -2.10. The van der Waals surface area contributed by atoms with Crippen molar-refractivity contribution in [2.45, 2.75) is 6.54 Å². The summed E-state index contributed by atoms with van der Waals surface area (Å²) >= 11 is 1.00. The highest BCUT2D eigenvalue weighted by molar-refractivity contribution is 7.13. The molecule has 5 rings (SSSR count). The second-order valence-corrected chi connectivity index (χ2v) is 8.19. The fourth-order valence-corrected chi connectivity index (χ4v) is 4.35. The molecule has 5 nitrogen and oxygen atoms in total. The Morgan fingerprint density at radius 1 is 0.839 bits per heavy atom. The maximum atomic E-state index is 11.4. The standard InChI is InChI=1S/C25H19N3O2S/c29-24-22(31-25(30)27-24)20-8-6-17(7-9-20)16-28-15-14-26-23(28)21-12-10-19(11-13-21)18-4-2-1-3-5-18/h1-15,29H,16H2,(H,27,30). The van der Waals surface area contributed by atoms with Gasteiger partial charge in [-0.05, 0) is 22.3 Å². The lowest BCUT2D eigenvalue weighted by atomic mass is 10.0. The van der Waals surface area contributed by atoms with Crippen molar-refractivity contribution in [3.63, 3.8) is 0 Å². The second-order valence-electron chi connectivity index (χ2n) is 7.21. The molecule has 0 saturated heterocycles. The molecule has 0 aliphatic heterocycles. The first-order valence-corrected chi connectivity index (χ1v) is 10.7. The number of H-pyrrole nitrogens is 1. The topological polar surface area (TPSA) is 70.9 Å². The normalized spacial score (nSPS) is 11.0. The summed E-state index contributed by atoms with van der Waals surface area (Å²) in [5.41, 5.74) is 5.34. The zero-order valence-corrected chi connectivity index (χ0v) is 17.3. The molecule has 0 amide bonds. The Morgan fingerprint density at radius 3 is 2.16 bits per heavy atom. The number of aromatic amines is 1. The Hall–Kier alpha value is -3.90. The van der Waals surface area contributed by atoms with Gasteiger partial charge in [0, 0.05) is 24.5 Å². The van der Waals surface area contributed by atoms with Crippen LogP contribution in [0.3, 0.4) is 0 Å². The number of benzene rings is 3. The smallest absolute Gasteiger partial charge is 0.307 e. The van der Waals surface area contributed by atoms with Crippen molar-refractivity contribution in [2.24, 2.45) is 0 Å². The van der Waals surface area contributed by atoms with Crippen molar-refractivity contribution < 1.29 is 5.11 Å². The number of hydrogen-bond acceptors (Lipinski definition) is 4.